The van der Waals surface area contributed by atoms with Crippen LogP contribution in [-0.4, -0.2) is 28.0 Å². The lowest BCUT2D eigenvalue weighted by molar-refractivity contribution is -0.143. The molecule has 0 radical (unpaired) electrons. The van der Waals surface area contributed by atoms with Crippen LogP contribution >= 0.6 is 0 Å². The highest BCUT2D eigenvalue weighted by Gasteiger charge is 2.24. The number of benzene rings is 2. The van der Waals surface area contributed by atoms with Crippen LogP contribution in [0.4, 0.5) is 13.2 Å². The summed E-state index contributed by atoms with van der Waals surface area (Å²) in [7, 11) is -3.30. The van der Waals surface area contributed by atoms with Gasteiger partial charge in [-0.2, -0.15) is 4.72 Å². The first-order valence-electron chi connectivity index (χ1n) is 7.16. The lowest BCUT2D eigenvalue weighted by Crippen LogP contribution is -2.31. The van der Waals surface area contributed by atoms with E-state index in [1.54, 1.807) is 4.72 Å². The molecule has 0 bridgehead atoms. The summed E-state index contributed by atoms with van der Waals surface area (Å²) < 4.78 is 75.6. The average Bonchev–Trinajstić information content (AvgIpc) is 2.58. The predicted octanol–water partition coefficient (Wildman–Crippen LogP) is 2.13. The van der Waals surface area contributed by atoms with Gasteiger partial charge in [0.25, 0.3) is 0 Å². The predicted molar refractivity (Wildman–Crippen MR) is 84.3 cm³/mol. The molecule has 0 heterocycles. The number of rotatable bonds is 7. The number of carbonyl (C=O) groups is 1. The van der Waals surface area contributed by atoms with Gasteiger partial charge >= 0.3 is 5.97 Å². The van der Waals surface area contributed by atoms with Crippen LogP contribution in [0.15, 0.2) is 41.3 Å². The SMILES string of the molecule is COc1ccc(COC(=O)CNS(=O)(=O)c2c(F)cccc2F)cc1F. The van der Waals surface area contributed by atoms with Crippen LogP contribution in [0.25, 0.3) is 0 Å². The van der Waals surface area contributed by atoms with Crippen LogP contribution in [-0.2, 0) is 26.2 Å². The first-order chi connectivity index (χ1) is 12.2. The van der Waals surface area contributed by atoms with Crippen LogP contribution in [0.2, 0.25) is 0 Å². The van der Waals surface area contributed by atoms with Gasteiger partial charge in [-0.05, 0) is 29.8 Å². The molecule has 0 saturated heterocycles. The van der Waals surface area contributed by atoms with Gasteiger partial charge in [0.05, 0.1) is 7.11 Å². The molecule has 0 unspecified atom stereocenters. The molecule has 10 heteroatoms. The van der Waals surface area contributed by atoms with E-state index in [0.717, 1.165) is 24.3 Å². The fraction of sp³-hybridized carbons (Fsp3) is 0.188. The molecule has 0 saturated carbocycles. The Labute approximate surface area is 147 Å². The molecule has 26 heavy (non-hydrogen) atoms. The Balaban J connectivity index is 1.95. The Morgan fingerprint density at radius 1 is 1.08 bits per heavy atom. The number of ether oxygens (including phenoxy) is 2. The Bertz CT molecular complexity index is 898. The number of carbonyl (C=O) groups excluding carboxylic acids is 1. The van der Waals surface area contributed by atoms with E-state index < -0.39 is 44.9 Å². The van der Waals surface area contributed by atoms with Crippen molar-refractivity contribution in [3.05, 3.63) is 59.4 Å². The van der Waals surface area contributed by atoms with Crippen molar-refractivity contribution >= 4 is 16.0 Å². The summed E-state index contributed by atoms with van der Waals surface area (Å²) in [4.78, 5) is 10.4. The Morgan fingerprint density at radius 2 is 1.73 bits per heavy atom. The fourth-order valence-electron chi connectivity index (χ4n) is 1.98. The standard InChI is InChI=1S/C16H14F3NO5S/c1-24-14-6-5-10(7-13(14)19)9-25-15(21)8-20-26(22,23)16-11(17)3-2-4-12(16)18/h2-7,20H,8-9H2,1H3. The van der Waals surface area contributed by atoms with Crippen molar-refractivity contribution in [3.8, 4) is 5.75 Å². The zero-order chi connectivity index (χ0) is 19.3. The normalized spacial score (nSPS) is 11.2. The number of hydrogen-bond acceptors (Lipinski definition) is 5. The quantitative estimate of drug-likeness (QED) is 0.734. The molecule has 140 valence electrons. The van der Waals surface area contributed by atoms with E-state index in [0.29, 0.717) is 5.56 Å². The average molecular weight is 389 g/mol. The number of sulfonamides is 1. The Hall–Kier alpha value is -2.59. The molecule has 0 amide bonds. The lowest BCUT2D eigenvalue weighted by Gasteiger charge is -2.09. The molecular weight excluding hydrogens is 375 g/mol. The first kappa shape index (κ1) is 19.7. The van der Waals surface area contributed by atoms with E-state index in [2.05, 4.69) is 0 Å². The van der Waals surface area contributed by atoms with Gasteiger partial charge in [-0.25, -0.2) is 21.6 Å². The van der Waals surface area contributed by atoms with Crippen molar-refractivity contribution in [1.29, 1.82) is 0 Å². The molecule has 2 aromatic rings. The second-order valence-electron chi connectivity index (χ2n) is 5.00. The molecule has 0 aliphatic carbocycles. The van der Waals surface area contributed by atoms with Crippen LogP contribution in [0.5, 0.6) is 5.75 Å². The van der Waals surface area contributed by atoms with Crippen molar-refractivity contribution in [1.82, 2.24) is 4.72 Å². The largest absolute Gasteiger partial charge is 0.494 e. The molecule has 0 atom stereocenters. The first-order valence-corrected chi connectivity index (χ1v) is 8.64. The molecule has 6 nitrogen and oxygen atoms in total. The fourth-order valence-corrected chi connectivity index (χ4v) is 3.08. The van der Waals surface area contributed by atoms with Crippen molar-refractivity contribution in [3.63, 3.8) is 0 Å². The molecule has 2 rings (SSSR count). The third-order valence-corrected chi connectivity index (χ3v) is 4.66. The number of halogens is 3. The van der Waals surface area contributed by atoms with Gasteiger partial charge in [-0.3, -0.25) is 4.79 Å². The Kier molecular flexibility index (Phi) is 6.22. The maximum atomic E-state index is 13.5. The molecule has 0 fully saturated rings. The van der Waals surface area contributed by atoms with E-state index in [-0.39, 0.29) is 12.4 Å². The lowest BCUT2D eigenvalue weighted by atomic mass is 10.2. The minimum Gasteiger partial charge on any atom is -0.494 e. The van der Waals surface area contributed by atoms with Crippen molar-refractivity contribution in [2.45, 2.75) is 11.5 Å². The van der Waals surface area contributed by atoms with Gasteiger partial charge in [-0.15, -0.1) is 0 Å². The highest BCUT2D eigenvalue weighted by Crippen LogP contribution is 2.19. The Morgan fingerprint density at radius 3 is 2.31 bits per heavy atom. The number of hydrogen-bond donors (Lipinski definition) is 1. The summed E-state index contributed by atoms with van der Waals surface area (Å²) in [6, 6.07) is 6.43. The van der Waals surface area contributed by atoms with Crippen LogP contribution < -0.4 is 9.46 Å². The van der Waals surface area contributed by atoms with Crippen LogP contribution in [0, 0.1) is 17.5 Å². The highest BCUT2D eigenvalue weighted by molar-refractivity contribution is 7.89. The monoisotopic (exact) mass is 389 g/mol. The number of methoxy groups -OCH3 is 1. The third kappa shape index (κ3) is 4.73. The minimum atomic E-state index is -4.59. The zero-order valence-electron chi connectivity index (χ0n) is 13.5. The molecule has 0 spiro atoms. The summed E-state index contributed by atoms with van der Waals surface area (Å²) in [5, 5.41) is 0. The van der Waals surface area contributed by atoms with Gasteiger partial charge in [0, 0.05) is 0 Å². The molecular formula is C16H14F3NO5S. The highest BCUT2D eigenvalue weighted by atomic mass is 32.2. The second-order valence-corrected chi connectivity index (χ2v) is 6.71. The number of esters is 1. The zero-order valence-corrected chi connectivity index (χ0v) is 14.3. The van der Waals surface area contributed by atoms with Crippen LogP contribution in [0.3, 0.4) is 0 Å². The summed E-state index contributed by atoms with van der Waals surface area (Å²) in [5.41, 5.74) is 0.305. The van der Waals surface area contributed by atoms with E-state index >= 15 is 0 Å². The number of nitrogens with one attached hydrogen (secondary N) is 1. The summed E-state index contributed by atoms with van der Waals surface area (Å²) in [6.45, 7) is -1.18. The van der Waals surface area contributed by atoms with E-state index in [9.17, 15) is 26.4 Å². The maximum absolute atomic E-state index is 13.5. The minimum absolute atomic E-state index is 0.0137. The van der Waals surface area contributed by atoms with Gasteiger partial charge in [-0.1, -0.05) is 12.1 Å². The van der Waals surface area contributed by atoms with E-state index in [1.807, 2.05) is 0 Å². The van der Waals surface area contributed by atoms with Gasteiger partial charge in [0.1, 0.15) is 24.8 Å². The van der Waals surface area contributed by atoms with Crippen LogP contribution in [0.1, 0.15) is 5.56 Å². The van der Waals surface area contributed by atoms with Gasteiger partial charge < -0.3 is 9.47 Å². The molecule has 1 N–H and O–H groups in total. The third-order valence-electron chi connectivity index (χ3n) is 3.21. The molecule has 0 aromatic heterocycles. The second kappa shape index (κ2) is 8.19. The molecule has 2 aromatic carbocycles. The topological polar surface area (TPSA) is 81.7 Å². The summed E-state index contributed by atoms with van der Waals surface area (Å²) >= 11 is 0. The summed E-state index contributed by atoms with van der Waals surface area (Å²) in [6.07, 6.45) is 0. The van der Waals surface area contributed by atoms with Gasteiger partial charge in [0.2, 0.25) is 10.0 Å². The molecule has 0 aliphatic heterocycles. The summed E-state index contributed by atoms with van der Waals surface area (Å²) in [5.74, 6) is -4.24. The van der Waals surface area contributed by atoms with Crippen molar-refractivity contribution < 1.29 is 35.9 Å². The van der Waals surface area contributed by atoms with Crippen molar-refractivity contribution in [2.75, 3.05) is 13.7 Å². The smallest absolute Gasteiger partial charge is 0.321 e. The van der Waals surface area contributed by atoms with E-state index in [4.69, 9.17) is 9.47 Å². The van der Waals surface area contributed by atoms with E-state index in [1.165, 1.54) is 19.2 Å². The maximum Gasteiger partial charge on any atom is 0.321 e. The van der Waals surface area contributed by atoms with Crippen molar-refractivity contribution in [2.24, 2.45) is 0 Å². The molecule has 0 aliphatic rings. The van der Waals surface area contributed by atoms with Gasteiger partial charge in [0.15, 0.2) is 16.5 Å².